The van der Waals surface area contributed by atoms with Gasteiger partial charge in [0.1, 0.15) is 4.49 Å². The van der Waals surface area contributed by atoms with Crippen molar-refractivity contribution >= 4 is 29.1 Å². The molecule has 1 aromatic rings. The normalized spacial score (nSPS) is 17.0. The van der Waals surface area contributed by atoms with Crippen LogP contribution in [0, 0.1) is 0 Å². The van der Waals surface area contributed by atoms with E-state index in [1.165, 1.54) is 0 Å². The van der Waals surface area contributed by atoms with Gasteiger partial charge in [-0.2, -0.15) is 0 Å². The first kappa shape index (κ1) is 20.0. The van der Waals surface area contributed by atoms with E-state index < -0.39 is 26.5 Å². The molecule has 1 rings (SSSR count). The summed E-state index contributed by atoms with van der Waals surface area (Å²) < 4.78 is 23.9. The second kappa shape index (κ2) is 7.67. The molecule has 2 atom stereocenters. The molecule has 1 unspecified atom stereocenters. The van der Waals surface area contributed by atoms with E-state index in [9.17, 15) is 4.21 Å². The van der Waals surface area contributed by atoms with Crippen LogP contribution in [0.4, 0.5) is 0 Å². The summed E-state index contributed by atoms with van der Waals surface area (Å²) in [5.74, 6) is 0. The van der Waals surface area contributed by atoms with Crippen molar-refractivity contribution in [2.24, 2.45) is 0 Å². The Bertz CT molecular complexity index is 544. The zero-order chi connectivity index (χ0) is 17.0. The van der Waals surface area contributed by atoms with Gasteiger partial charge in [-0.1, -0.05) is 30.3 Å². The lowest BCUT2D eigenvalue weighted by atomic mass is 10.2. The summed E-state index contributed by atoms with van der Waals surface area (Å²) >= 11 is 5.84. The molecule has 0 aliphatic heterocycles. The van der Waals surface area contributed by atoms with Gasteiger partial charge in [0.25, 0.3) is 0 Å². The third-order valence-electron chi connectivity index (χ3n) is 3.35. The zero-order valence-electron chi connectivity index (χ0n) is 14.3. The monoisotopic (exact) mass is 362 g/mol. The molecule has 0 aliphatic carbocycles. The van der Waals surface area contributed by atoms with E-state index in [2.05, 4.69) is 0 Å². The SMILES string of the molecule is CCOP(=S)(OCC)[C@@](C)(c1ccccc1)S(=O)C(C)(C)C. The lowest BCUT2D eigenvalue weighted by Crippen LogP contribution is -2.39. The molecule has 0 aliphatic rings. The minimum atomic E-state index is -2.78. The van der Waals surface area contributed by atoms with E-state index in [0.29, 0.717) is 13.2 Å². The Morgan fingerprint density at radius 2 is 1.50 bits per heavy atom. The molecule has 0 N–H and O–H groups in total. The molecule has 3 nitrogen and oxygen atoms in total. The smallest absolute Gasteiger partial charge is 0.211 e. The Morgan fingerprint density at radius 3 is 1.86 bits per heavy atom. The molecule has 0 fully saturated rings. The molecular weight excluding hydrogens is 335 g/mol. The van der Waals surface area contributed by atoms with E-state index >= 15 is 0 Å². The summed E-state index contributed by atoms with van der Waals surface area (Å²) in [6.45, 7) is 9.70. The van der Waals surface area contributed by atoms with Crippen molar-refractivity contribution in [1.29, 1.82) is 0 Å². The topological polar surface area (TPSA) is 35.5 Å². The summed E-state index contributed by atoms with van der Waals surface area (Å²) in [5.41, 5.74) is 0.911. The van der Waals surface area contributed by atoms with Gasteiger partial charge in [-0.05, 0) is 58.9 Å². The highest BCUT2D eigenvalue weighted by molar-refractivity contribution is 8.16. The predicted octanol–water partition coefficient (Wildman–Crippen LogP) is 4.79. The van der Waals surface area contributed by atoms with Crippen molar-refractivity contribution in [1.82, 2.24) is 0 Å². The largest absolute Gasteiger partial charge is 0.328 e. The second-order valence-corrected chi connectivity index (χ2v) is 12.8. The van der Waals surface area contributed by atoms with Gasteiger partial charge in [0.05, 0.1) is 13.2 Å². The van der Waals surface area contributed by atoms with Gasteiger partial charge in [-0.15, -0.1) is 0 Å². The maximum atomic E-state index is 13.4. The average Bonchev–Trinajstić information content (AvgIpc) is 2.46. The Kier molecular flexibility index (Phi) is 6.97. The van der Waals surface area contributed by atoms with Crippen molar-refractivity contribution in [3.63, 3.8) is 0 Å². The molecule has 126 valence electrons. The molecule has 0 spiro atoms. The third-order valence-corrected chi connectivity index (χ3v) is 11.2. The zero-order valence-corrected chi connectivity index (χ0v) is 16.8. The maximum absolute atomic E-state index is 13.4. The average molecular weight is 362 g/mol. The lowest BCUT2D eigenvalue weighted by molar-refractivity contribution is 0.256. The first-order chi connectivity index (χ1) is 10.1. The predicted molar refractivity (Wildman–Crippen MR) is 99.2 cm³/mol. The molecule has 1 aromatic carbocycles. The fourth-order valence-electron chi connectivity index (χ4n) is 2.33. The quantitative estimate of drug-likeness (QED) is 0.654. The summed E-state index contributed by atoms with van der Waals surface area (Å²) in [7, 11) is -1.27. The van der Waals surface area contributed by atoms with Gasteiger partial charge >= 0.3 is 0 Å². The molecule has 0 bridgehead atoms. The van der Waals surface area contributed by atoms with Crippen LogP contribution in [0.5, 0.6) is 0 Å². The van der Waals surface area contributed by atoms with Gasteiger partial charge in [-0.3, -0.25) is 4.21 Å². The van der Waals surface area contributed by atoms with Crippen LogP contribution < -0.4 is 0 Å². The van der Waals surface area contributed by atoms with E-state index in [0.717, 1.165) is 5.56 Å². The van der Waals surface area contributed by atoms with E-state index in [1.807, 2.05) is 71.9 Å². The van der Waals surface area contributed by atoms with Crippen LogP contribution in [0.25, 0.3) is 0 Å². The third kappa shape index (κ3) is 3.88. The van der Waals surface area contributed by atoms with Crippen LogP contribution in [0.15, 0.2) is 30.3 Å². The minimum Gasteiger partial charge on any atom is -0.328 e. The second-order valence-electron chi connectivity index (χ2n) is 6.06. The van der Waals surface area contributed by atoms with Gasteiger partial charge in [0, 0.05) is 15.5 Å². The summed E-state index contributed by atoms with van der Waals surface area (Å²) in [4.78, 5) is 0. The minimum absolute atomic E-state index is 0.428. The summed E-state index contributed by atoms with van der Waals surface area (Å²) in [6.07, 6.45) is 0. The van der Waals surface area contributed by atoms with Crippen molar-refractivity contribution in [3.05, 3.63) is 35.9 Å². The molecule has 22 heavy (non-hydrogen) atoms. The van der Waals surface area contributed by atoms with Crippen LogP contribution in [0.1, 0.15) is 47.1 Å². The Morgan fingerprint density at radius 1 is 1.05 bits per heavy atom. The van der Waals surface area contributed by atoms with E-state index in [4.69, 9.17) is 20.9 Å². The van der Waals surface area contributed by atoms with Crippen molar-refractivity contribution < 1.29 is 13.3 Å². The van der Waals surface area contributed by atoms with Gasteiger partial charge in [-0.25, -0.2) is 0 Å². The Labute approximate surface area is 142 Å². The number of hydrogen-bond donors (Lipinski definition) is 0. The van der Waals surface area contributed by atoms with Crippen LogP contribution in [-0.2, 0) is 36.1 Å². The first-order valence-corrected chi connectivity index (χ1v) is 11.3. The molecule has 0 saturated heterocycles. The van der Waals surface area contributed by atoms with Crippen molar-refractivity contribution in [2.45, 2.75) is 50.8 Å². The molecule has 0 heterocycles. The lowest BCUT2D eigenvalue weighted by Gasteiger charge is -2.42. The highest BCUT2D eigenvalue weighted by Crippen LogP contribution is 2.67. The number of benzene rings is 1. The van der Waals surface area contributed by atoms with Crippen LogP contribution in [0.2, 0.25) is 0 Å². The van der Waals surface area contributed by atoms with Crippen LogP contribution in [0.3, 0.4) is 0 Å². The molecule has 0 saturated carbocycles. The standard InChI is InChI=1S/C16H27O3PS2/c1-7-18-20(21,19-8-2)16(6,22(17)15(3,4)5)14-12-10-9-11-13-14/h9-13H,7-8H2,1-6H3/t16-,22?/m1/s1. The maximum Gasteiger partial charge on any atom is 0.211 e. The van der Waals surface area contributed by atoms with E-state index in [-0.39, 0.29) is 0 Å². The highest BCUT2D eigenvalue weighted by atomic mass is 32.5. The van der Waals surface area contributed by atoms with Gasteiger partial charge in [0.15, 0.2) is 0 Å². The fourth-order valence-corrected chi connectivity index (χ4v) is 9.10. The van der Waals surface area contributed by atoms with Crippen LogP contribution >= 0.6 is 6.49 Å². The fraction of sp³-hybridized carbons (Fsp3) is 0.625. The summed E-state index contributed by atoms with van der Waals surface area (Å²) in [6, 6.07) is 9.73. The van der Waals surface area contributed by atoms with Crippen LogP contribution in [-0.4, -0.2) is 22.2 Å². The Hall–Kier alpha value is -0.0600. The summed E-state index contributed by atoms with van der Waals surface area (Å²) in [5, 5.41) is 0. The van der Waals surface area contributed by atoms with E-state index in [1.54, 1.807) is 0 Å². The highest BCUT2D eigenvalue weighted by Gasteiger charge is 2.52. The van der Waals surface area contributed by atoms with Gasteiger partial charge < -0.3 is 9.05 Å². The molecule has 0 amide bonds. The molecule has 0 aromatic heterocycles. The molecular formula is C16H27O3PS2. The first-order valence-electron chi connectivity index (χ1n) is 7.50. The van der Waals surface area contributed by atoms with Crippen molar-refractivity contribution in [2.75, 3.05) is 13.2 Å². The Balaban J connectivity index is 3.59. The molecule has 0 radical (unpaired) electrons. The van der Waals surface area contributed by atoms with Crippen molar-refractivity contribution in [3.8, 4) is 0 Å². The number of hydrogen-bond acceptors (Lipinski definition) is 4. The molecule has 6 heteroatoms. The number of rotatable bonds is 7. The van der Waals surface area contributed by atoms with Gasteiger partial charge in [0.2, 0.25) is 6.49 Å².